The van der Waals surface area contributed by atoms with Crippen LogP contribution in [0.3, 0.4) is 0 Å². The summed E-state index contributed by atoms with van der Waals surface area (Å²) >= 11 is 0. The SMILES string of the molecule is CCCC(=O)Nc1cncc(-c2ncc(N)c(/C(=C\NCC)c3nc4c(-c5ccoc5)nccc4[nH]3)c2F)c1. The summed E-state index contributed by atoms with van der Waals surface area (Å²) < 4.78 is 21.5. The van der Waals surface area contributed by atoms with Crippen molar-refractivity contribution >= 4 is 33.9 Å². The van der Waals surface area contributed by atoms with E-state index in [2.05, 4.69) is 30.6 Å². The molecular weight excluding hydrogens is 499 g/mol. The van der Waals surface area contributed by atoms with Crippen LogP contribution in [0.25, 0.3) is 39.1 Å². The molecule has 5 rings (SSSR count). The molecule has 198 valence electrons. The molecule has 0 saturated carbocycles. The number of carbonyl (C=O) groups excluding carboxylic acids is 1. The Hall–Kier alpha value is -5.06. The number of imidazole rings is 1. The molecule has 5 N–H and O–H groups in total. The summed E-state index contributed by atoms with van der Waals surface area (Å²) in [6.07, 6.45) is 12.0. The molecule has 0 aliphatic heterocycles. The molecule has 0 saturated heterocycles. The van der Waals surface area contributed by atoms with E-state index in [1.165, 1.54) is 18.6 Å². The van der Waals surface area contributed by atoms with Crippen LogP contribution in [0.4, 0.5) is 15.8 Å². The van der Waals surface area contributed by atoms with Crippen LogP contribution < -0.4 is 16.4 Å². The maximum Gasteiger partial charge on any atom is 0.224 e. The number of fused-ring (bicyclic) bond motifs is 1. The molecule has 0 aromatic carbocycles. The predicted molar refractivity (Wildman–Crippen MR) is 148 cm³/mol. The van der Waals surface area contributed by atoms with E-state index in [1.807, 2.05) is 13.8 Å². The van der Waals surface area contributed by atoms with Gasteiger partial charge in [0.25, 0.3) is 0 Å². The standard InChI is InChI=1S/C28H27FN8O2/c1-3-5-22(38)35-18-10-17(11-32-12-18)25-24(29)23(20(30)14-34-25)19(13-31-4-2)28-36-21-6-8-33-26(27(21)37-28)16-7-9-39-15-16/h6-15,31H,3-5,30H2,1-2H3,(H,35,38)(H,36,37)/b19-13+. The Morgan fingerprint density at radius 2 is 2.03 bits per heavy atom. The van der Waals surface area contributed by atoms with Gasteiger partial charge in [-0.3, -0.25) is 19.7 Å². The monoisotopic (exact) mass is 526 g/mol. The number of furan rings is 1. The fourth-order valence-electron chi connectivity index (χ4n) is 4.20. The van der Waals surface area contributed by atoms with Crippen LogP contribution in [0.1, 0.15) is 38.1 Å². The van der Waals surface area contributed by atoms with Crippen LogP contribution >= 0.6 is 0 Å². The van der Waals surface area contributed by atoms with Crippen LogP contribution in [0.5, 0.6) is 0 Å². The van der Waals surface area contributed by atoms with E-state index in [4.69, 9.17) is 15.1 Å². The molecule has 39 heavy (non-hydrogen) atoms. The highest BCUT2D eigenvalue weighted by Crippen LogP contribution is 2.35. The molecule has 10 nitrogen and oxygen atoms in total. The molecular formula is C28H27FN8O2. The van der Waals surface area contributed by atoms with Gasteiger partial charge in [0.15, 0.2) is 5.82 Å². The Balaban J connectivity index is 1.61. The molecule has 0 radical (unpaired) electrons. The van der Waals surface area contributed by atoms with E-state index in [1.54, 1.807) is 43.1 Å². The summed E-state index contributed by atoms with van der Waals surface area (Å²) in [5, 5.41) is 5.91. The molecule has 5 heterocycles. The summed E-state index contributed by atoms with van der Waals surface area (Å²) in [4.78, 5) is 33.0. The third-order valence-electron chi connectivity index (χ3n) is 5.99. The van der Waals surface area contributed by atoms with Crippen LogP contribution in [-0.4, -0.2) is 37.4 Å². The van der Waals surface area contributed by atoms with Gasteiger partial charge in [-0.05, 0) is 31.5 Å². The smallest absolute Gasteiger partial charge is 0.224 e. The second-order valence-corrected chi connectivity index (χ2v) is 8.78. The second-order valence-electron chi connectivity index (χ2n) is 8.78. The van der Waals surface area contributed by atoms with Crippen molar-refractivity contribution in [3.63, 3.8) is 0 Å². The number of nitrogens with one attached hydrogen (secondary N) is 3. The quantitative estimate of drug-likeness (QED) is 0.207. The Labute approximate surface area is 223 Å². The molecule has 0 spiro atoms. The highest BCUT2D eigenvalue weighted by atomic mass is 19.1. The van der Waals surface area contributed by atoms with Gasteiger partial charge in [0.05, 0.1) is 41.8 Å². The van der Waals surface area contributed by atoms with E-state index < -0.39 is 5.82 Å². The zero-order chi connectivity index (χ0) is 27.4. The van der Waals surface area contributed by atoms with Gasteiger partial charge in [-0.25, -0.2) is 9.37 Å². The Morgan fingerprint density at radius 1 is 1.15 bits per heavy atom. The number of pyridine rings is 3. The summed E-state index contributed by atoms with van der Waals surface area (Å²) in [5.41, 5.74) is 10.6. The Morgan fingerprint density at radius 3 is 2.79 bits per heavy atom. The van der Waals surface area contributed by atoms with Gasteiger partial charge in [-0.15, -0.1) is 0 Å². The second kappa shape index (κ2) is 11.1. The zero-order valence-corrected chi connectivity index (χ0v) is 21.5. The minimum Gasteiger partial charge on any atom is -0.472 e. The van der Waals surface area contributed by atoms with Gasteiger partial charge in [0, 0.05) is 53.8 Å². The van der Waals surface area contributed by atoms with Crippen molar-refractivity contribution in [2.45, 2.75) is 26.7 Å². The van der Waals surface area contributed by atoms with Crippen molar-refractivity contribution in [2.24, 2.45) is 0 Å². The Bertz CT molecular complexity index is 1660. The lowest BCUT2D eigenvalue weighted by Gasteiger charge is -2.14. The average molecular weight is 527 g/mol. The fourth-order valence-corrected chi connectivity index (χ4v) is 4.20. The number of hydrogen-bond donors (Lipinski definition) is 4. The largest absolute Gasteiger partial charge is 0.472 e. The van der Waals surface area contributed by atoms with Gasteiger partial charge >= 0.3 is 0 Å². The number of H-pyrrole nitrogens is 1. The topological polar surface area (TPSA) is 148 Å². The number of aromatic amines is 1. The summed E-state index contributed by atoms with van der Waals surface area (Å²) in [7, 11) is 0. The number of rotatable bonds is 9. The number of aromatic nitrogens is 5. The van der Waals surface area contributed by atoms with Crippen LogP contribution in [0.2, 0.25) is 0 Å². The Kier molecular flexibility index (Phi) is 7.30. The number of carbonyl (C=O) groups is 1. The summed E-state index contributed by atoms with van der Waals surface area (Å²) in [5.74, 6) is -0.398. The van der Waals surface area contributed by atoms with Crippen molar-refractivity contribution in [3.8, 4) is 22.5 Å². The molecule has 1 amide bonds. The maximum atomic E-state index is 16.3. The van der Waals surface area contributed by atoms with Crippen molar-refractivity contribution in [1.29, 1.82) is 0 Å². The van der Waals surface area contributed by atoms with Crippen molar-refractivity contribution < 1.29 is 13.6 Å². The number of anilines is 2. The van der Waals surface area contributed by atoms with Gasteiger partial charge in [0.1, 0.15) is 22.7 Å². The van der Waals surface area contributed by atoms with Crippen LogP contribution in [0.15, 0.2) is 66.1 Å². The molecule has 0 fully saturated rings. The minimum absolute atomic E-state index is 0.0394. The van der Waals surface area contributed by atoms with E-state index >= 15 is 4.39 Å². The number of nitrogen functional groups attached to an aromatic ring is 1. The van der Waals surface area contributed by atoms with E-state index in [0.717, 1.165) is 5.56 Å². The maximum absolute atomic E-state index is 16.3. The molecule has 11 heteroatoms. The van der Waals surface area contributed by atoms with Crippen LogP contribution in [0, 0.1) is 5.82 Å². The van der Waals surface area contributed by atoms with Gasteiger partial charge in [-0.1, -0.05) is 6.92 Å². The molecule has 0 bridgehead atoms. The first kappa shape index (κ1) is 25.6. The third kappa shape index (κ3) is 5.19. The lowest BCUT2D eigenvalue weighted by Crippen LogP contribution is -2.11. The number of halogens is 1. The average Bonchev–Trinajstić information content (AvgIpc) is 3.61. The van der Waals surface area contributed by atoms with E-state index in [9.17, 15) is 4.79 Å². The van der Waals surface area contributed by atoms with Crippen molar-refractivity contribution in [2.75, 3.05) is 17.6 Å². The van der Waals surface area contributed by atoms with E-state index in [-0.39, 0.29) is 22.9 Å². The first-order valence-electron chi connectivity index (χ1n) is 12.5. The van der Waals surface area contributed by atoms with Gasteiger partial charge < -0.3 is 25.8 Å². The first-order chi connectivity index (χ1) is 19.0. The predicted octanol–water partition coefficient (Wildman–Crippen LogP) is 5.13. The first-order valence-corrected chi connectivity index (χ1v) is 12.5. The highest BCUT2D eigenvalue weighted by Gasteiger charge is 2.23. The summed E-state index contributed by atoms with van der Waals surface area (Å²) in [6, 6.07) is 5.22. The lowest BCUT2D eigenvalue weighted by molar-refractivity contribution is -0.116. The molecule has 5 aromatic heterocycles. The van der Waals surface area contributed by atoms with Crippen molar-refractivity contribution in [3.05, 3.63) is 78.9 Å². The van der Waals surface area contributed by atoms with Crippen LogP contribution in [-0.2, 0) is 4.79 Å². The molecule has 5 aromatic rings. The number of nitrogens with zero attached hydrogens (tertiary/aromatic N) is 4. The normalized spacial score (nSPS) is 11.6. The molecule has 0 aliphatic rings. The summed E-state index contributed by atoms with van der Waals surface area (Å²) in [6.45, 7) is 4.43. The third-order valence-corrected chi connectivity index (χ3v) is 5.99. The molecule has 0 aliphatic carbocycles. The van der Waals surface area contributed by atoms with Gasteiger partial charge in [0.2, 0.25) is 5.91 Å². The lowest BCUT2D eigenvalue weighted by atomic mass is 10.0. The minimum atomic E-state index is -0.647. The number of nitrogens with two attached hydrogens (primary N) is 1. The fraction of sp³-hybridized carbons (Fsp3) is 0.179. The van der Waals surface area contributed by atoms with Gasteiger partial charge in [-0.2, -0.15) is 0 Å². The molecule has 0 atom stereocenters. The zero-order valence-electron chi connectivity index (χ0n) is 21.5. The van der Waals surface area contributed by atoms with E-state index in [0.29, 0.717) is 58.8 Å². The molecule has 0 unspecified atom stereocenters. The highest BCUT2D eigenvalue weighted by molar-refractivity contribution is 5.94. The number of hydrogen-bond acceptors (Lipinski definition) is 8. The number of amides is 1. The van der Waals surface area contributed by atoms with Crippen molar-refractivity contribution in [1.82, 2.24) is 30.2 Å².